The summed E-state index contributed by atoms with van der Waals surface area (Å²) in [4.78, 5) is 35.0. The van der Waals surface area contributed by atoms with Gasteiger partial charge in [0.1, 0.15) is 11.4 Å². The Labute approximate surface area is 82.8 Å². The average molecular weight is 209 g/mol. The molecule has 0 fully saturated rings. The second-order valence-electron chi connectivity index (χ2n) is 2.99. The lowest BCUT2D eigenvalue weighted by atomic mass is 10.3. The van der Waals surface area contributed by atoms with Crippen LogP contribution in [0.25, 0.3) is 0 Å². The Balaban J connectivity index is 2.43. The molecular formula is C8H7N3O4. The first kappa shape index (κ1) is 9.25. The first-order valence-electron chi connectivity index (χ1n) is 4.06. The van der Waals surface area contributed by atoms with Crippen molar-refractivity contribution in [2.75, 3.05) is 12.1 Å². The molecule has 0 saturated heterocycles. The molecule has 0 aromatic carbocycles. The van der Waals surface area contributed by atoms with Crippen molar-refractivity contribution < 1.29 is 9.90 Å². The number of aromatic carboxylic acids is 1. The van der Waals surface area contributed by atoms with Crippen LogP contribution in [0.2, 0.25) is 0 Å². The van der Waals surface area contributed by atoms with E-state index in [0.717, 1.165) is 4.68 Å². The maximum absolute atomic E-state index is 10.8. The van der Waals surface area contributed by atoms with Crippen LogP contribution in [0.3, 0.4) is 0 Å². The number of H-pyrrole nitrogens is 1. The van der Waals surface area contributed by atoms with Crippen LogP contribution in [0.15, 0.2) is 21.9 Å². The zero-order chi connectivity index (χ0) is 11.2. The van der Waals surface area contributed by atoms with E-state index < -0.39 is 17.1 Å². The van der Waals surface area contributed by atoms with Gasteiger partial charge < -0.3 is 10.1 Å². The number of anilines is 1. The molecule has 2 N–H and O–H groups in total. The summed E-state index contributed by atoms with van der Waals surface area (Å²) in [5.74, 6) is -0.929. The number of nitrogens with one attached hydrogen (secondary N) is 1. The first-order chi connectivity index (χ1) is 7.04. The van der Waals surface area contributed by atoms with Gasteiger partial charge in [0, 0.05) is 13.2 Å². The van der Waals surface area contributed by atoms with E-state index in [2.05, 4.69) is 4.98 Å². The summed E-state index contributed by atoms with van der Waals surface area (Å²) in [5.41, 5.74) is -1.29. The monoisotopic (exact) mass is 209 g/mol. The molecule has 7 heteroatoms. The Kier molecular flexibility index (Phi) is 1.75. The van der Waals surface area contributed by atoms with Crippen molar-refractivity contribution in [1.29, 1.82) is 0 Å². The fraction of sp³-hybridized carbons (Fsp3) is 0.125. The zero-order valence-corrected chi connectivity index (χ0v) is 7.72. The van der Waals surface area contributed by atoms with Crippen LogP contribution >= 0.6 is 0 Å². The lowest BCUT2D eigenvalue weighted by molar-refractivity contribution is 0.0697. The molecule has 0 radical (unpaired) electrons. The second kappa shape index (κ2) is 2.84. The smallest absolute Gasteiger partial charge is 0.340 e. The summed E-state index contributed by atoms with van der Waals surface area (Å²) in [6, 6.07) is 1.35. The molecule has 0 amide bonds. The molecule has 0 aliphatic carbocycles. The van der Waals surface area contributed by atoms with E-state index >= 15 is 0 Å². The van der Waals surface area contributed by atoms with Gasteiger partial charge in [-0.1, -0.05) is 0 Å². The van der Waals surface area contributed by atoms with E-state index in [-0.39, 0.29) is 11.4 Å². The quantitative estimate of drug-likeness (QED) is 0.633. The van der Waals surface area contributed by atoms with E-state index in [1.807, 2.05) is 0 Å². The number of aromatic nitrogens is 2. The van der Waals surface area contributed by atoms with E-state index in [1.54, 1.807) is 0 Å². The zero-order valence-electron chi connectivity index (χ0n) is 7.72. The highest BCUT2D eigenvalue weighted by Gasteiger charge is 2.24. The van der Waals surface area contributed by atoms with Crippen molar-refractivity contribution in [2.24, 2.45) is 0 Å². The Hall–Kier alpha value is -2.31. The Bertz CT molecular complexity index is 562. The number of rotatable bonds is 3. The van der Waals surface area contributed by atoms with Gasteiger partial charge >= 0.3 is 17.1 Å². The van der Waals surface area contributed by atoms with Gasteiger partial charge in [-0.15, -0.1) is 0 Å². The van der Waals surface area contributed by atoms with Gasteiger partial charge in [-0.2, -0.15) is 4.68 Å². The van der Waals surface area contributed by atoms with Crippen LogP contribution in [0.4, 0.5) is 5.82 Å². The highest BCUT2D eigenvalue weighted by Crippen LogP contribution is 2.16. The maximum atomic E-state index is 10.8. The van der Waals surface area contributed by atoms with Gasteiger partial charge in [-0.25, -0.2) is 4.79 Å². The minimum Gasteiger partial charge on any atom is -0.478 e. The standard InChI is InChI=1S/C8H7N3O4/c1-10(11-6(12)7(11)13)5-4(8(14)15)2-3-9-5/h2-3,9H,1H3,(H,14,15). The number of carbonyl (C=O) groups is 1. The molecule has 0 bridgehead atoms. The van der Waals surface area contributed by atoms with Crippen molar-refractivity contribution in [1.82, 2.24) is 9.66 Å². The molecule has 0 atom stereocenters. The number of carboxylic acids is 1. The van der Waals surface area contributed by atoms with Crippen molar-refractivity contribution in [2.45, 2.75) is 0 Å². The fourth-order valence-electron chi connectivity index (χ4n) is 1.30. The summed E-state index contributed by atoms with van der Waals surface area (Å²) in [7, 11) is 1.43. The Morgan fingerprint density at radius 2 is 2.07 bits per heavy atom. The Morgan fingerprint density at radius 3 is 2.53 bits per heavy atom. The highest BCUT2D eigenvalue weighted by atomic mass is 16.4. The van der Waals surface area contributed by atoms with Gasteiger partial charge in [0.25, 0.3) is 0 Å². The minimum atomic E-state index is -1.13. The minimum absolute atomic E-state index is 0.00463. The topological polar surface area (TPSA) is 95.4 Å². The maximum Gasteiger partial charge on any atom is 0.340 e. The van der Waals surface area contributed by atoms with E-state index in [0.29, 0.717) is 0 Å². The van der Waals surface area contributed by atoms with Crippen LogP contribution < -0.4 is 16.1 Å². The predicted molar refractivity (Wildman–Crippen MR) is 50.9 cm³/mol. The van der Waals surface area contributed by atoms with E-state index in [9.17, 15) is 14.4 Å². The molecule has 78 valence electrons. The number of hydrogen-bond acceptors (Lipinski definition) is 4. The molecule has 15 heavy (non-hydrogen) atoms. The van der Waals surface area contributed by atoms with Gasteiger partial charge in [0.2, 0.25) is 0 Å². The molecule has 2 heterocycles. The first-order valence-corrected chi connectivity index (χ1v) is 4.06. The third kappa shape index (κ3) is 1.25. The van der Waals surface area contributed by atoms with Crippen LogP contribution in [-0.2, 0) is 0 Å². The third-order valence-corrected chi connectivity index (χ3v) is 2.10. The van der Waals surface area contributed by atoms with E-state index in [4.69, 9.17) is 5.11 Å². The van der Waals surface area contributed by atoms with Crippen molar-refractivity contribution in [3.8, 4) is 0 Å². The van der Waals surface area contributed by atoms with Crippen LogP contribution in [-0.4, -0.2) is 27.8 Å². The van der Waals surface area contributed by atoms with Gasteiger partial charge in [0.15, 0.2) is 0 Å². The number of nitrogens with zero attached hydrogens (tertiary/aromatic N) is 2. The summed E-state index contributed by atoms with van der Waals surface area (Å²) in [5, 5.41) is 9.98. The van der Waals surface area contributed by atoms with Crippen LogP contribution in [0.1, 0.15) is 10.4 Å². The summed E-state index contributed by atoms with van der Waals surface area (Å²) in [6.45, 7) is 0. The summed E-state index contributed by atoms with van der Waals surface area (Å²) in [6.07, 6.45) is 1.42. The normalized spacial score (nSPS) is 10.7. The van der Waals surface area contributed by atoms with Gasteiger partial charge in [0.05, 0.1) is 0 Å². The third-order valence-electron chi connectivity index (χ3n) is 2.10. The molecule has 7 nitrogen and oxygen atoms in total. The van der Waals surface area contributed by atoms with Crippen molar-refractivity contribution in [3.05, 3.63) is 38.5 Å². The van der Waals surface area contributed by atoms with Gasteiger partial charge in [-0.3, -0.25) is 14.6 Å². The molecular weight excluding hydrogens is 202 g/mol. The Morgan fingerprint density at radius 1 is 1.47 bits per heavy atom. The van der Waals surface area contributed by atoms with Gasteiger partial charge in [-0.05, 0) is 6.07 Å². The summed E-state index contributed by atoms with van der Waals surface area (Å²) < 4.78 is 0.846. The molecule has 2 aromatic rings. The SMILES string of the molecule is CN(c1[nH]ccc1C(=O)O)n1c(=O)c1=O. The van der Waals surface area contributed by atoms with Crippen LogP contribution in [0.5, 0.6) is 0 Å². The fourth-order valence-corrected chi connectivity index (χ4v) is 1.30. The molecule has 0 saturated carbocycles. The molecule has 0 spiro atoms. The lowest BCUT2D eigenvalue weighted by Gasteiger charge is -2.13. The largest absolute Gasteiger partial charge is 0.478 e. The number of hydrogen-bond donors (Lipinski definition) is 2. The van der Waals surface area contributed by atoms with E-state index in [1.165, 1.54) is 24.3 Å². The highest BCUT2D eigenvalue weighted by molar-refractivity contribution is 5.93. The molecule has 2 aromatic heterocycles. The predicted octanol–water partition coefficient (Wildman–Crippen LogP) is -0.990. The van der Waals surface area contributed by atoms with Crippen molar-refractivity contribution in [3.63, 3.8) is 0 Å². The number of carboxylic acid groups (broad SMARTS) is 1. The van der Waals surface area contributed by atoms with Crippen LogP contribution in [0, 0.1) is 0 Å². The molecule has 0 unspecified atom stereocenters. The average Bonchev–Trinajstić information content (AvgIpc) is 2.69. The van der Waals surface area contributed by atoms with Crippen molar-refractivity contribution >= 4 is 11.8 Å². The summed E-state index contributed by atoms with van der Waals surface area (Å²) >= 11 is 0. The lowest BCUT2D eigenvalue weighted by Crippen LogP contribution is -2.25. The second-order valence-corrected chi connectivity index (χ2v) is 2.99. The molecule has 0 aliphatic rings. The molecule has 2 rings (SSSR count). The number of aromatic amines is 1. The molecule has 0 aliphatic heterocycles.